The molecule has 0 saturated heterocycles. The maximum absolute atomic E-state index is 12.0. The van der Waals surface area contributed by atoms with E-state index in [1.54, 1.807) is 36.4 Å². The van der Waals surface area contributed by atoms with Gasteiger partial charge in [-0.25, -0.2) is 0 Å². The molecule has 0 unspecified atom stereocenters. The van der Waals surface area contributed by atoms with Crippen LogP contribution in [0.25, 0.3) is 11.5 Å². The lowest BCUT2D eigenvalue weighted by Crippen LogP contribution is -2.12. The van der Waals surface area contributed by atoms with E-state index >= 15 is 0 Å². The molecule has 0 aliphatic heterocycles. The van der Waals surface area contributed by atoms with Crippen molar-refractivity contribution in [3.63, 3.8) is 0 Å². The van der Waals surface area contributed by atoms with Crippen molar-refractivity contribution in [2.75, 3.05) is 19.0 Å². The Bertz CT molecular complexity index is 814. The molecule has 0 bridgehead atoms. The van der Waals surface area contributed by atoms with Crippen molar-refractivity contribution < 1.29 is 14.1 Å². The summed E-state index contributed by atoms with van der Waals surface area (Å²) in [5.41, 5.74) is 1.27. The Morgan fingerprint density at radius 3 is 3.12 bits per heavy atom. The lowest BCUT2D eigenvalue weighted by atomic mass is 10.3. The van der Waals surface area contributed by atoms with Crippen LogP contribution in [0.3, 0.4) is 0 Å². The number of rotatable bonds is 8. The third-order valence-electron chi connectivity index (χ3n) is 3.37. The van der Waals surface area contributed by atoms with E-state index in [1.807, 2.05) is 12.1 Å². The van der Waals surface area contributed by atoms with E-state index in [1.165, 1.54) is 0 Å². The van der Waals surface area contributed by atoms with Gasteiger partial charge in [0.2, 0.25) is 17.6 Å². The van der Waals surface area contributed by atoms with Crippen molar-refractivity contribution in [2.45, 2.75) is 19.4 Å². The first-order chi connectivity index (χ1) is 12.2. The standard InChI is InChI=1S/C16H18N6O3/c1-24-9-8-22-11-12(10-18-22)19-14(23)5-6-15-20-16(21-25-15)13-4-2-3-7-17-13/h2-4,7,10-11H,5-6,8-9H2,1H3,(H,19,23). The third-order valence-corrected chi connectivity index (χ3v) is 3.37. The van der Waals surface area contributed by atoms with Crippen molar-refractivity contribution >= 4 is 11.6 Å². The zero-order valence-corrected chi connectivity index (χ0v) is 13.8. The number of aromatic nitrogens is 5. The van der Waals surface area contributed by atoms with Crippen molar-refractivity contribution in [3.8, 4) is 11.5 Å². The number of nitrogens with one attached hydrogen (secondary N) is 1. The first-order valence-corrected chi connectivity index (χ1v) is 7.80. The summed E-state index contributed by atoms with van der Waals surface area (Å²) in [5, 5.41) is 10.8. The van der Waals surface area contributed by atoms with Crippen molar-refractivity contribution in [2.24, 2.45) is 0 Å². The minimum absolute atomic E-state index is 0.149. The summed E-state index contributed by atoms with van der Waals surface area (Å²) in [4.78, 5) is 20.4. The van der Waals surface area contributed by atoms with Gasteiger partial charge in [-0.05, 0) is 12.1 Å². The fourth-order valence-electron chi connectivity index (χ4n) is 2.13. The fraction of sp³-hybridized carbons (Fsp3) is 0.312. The van der Waals surface area contributed by atoms with Crippen LogP contribution in [0.1, 0.15) is 12.3 Å². The van der Waals surface area contributed by atoms with Crippen molar-refractivity contribution in [1.29, 1.82) is 0 Å². The summed E-state index contributed by atoms with van der Waals surface area (Å²) >= 11 is 0. The van der Waals surface area contributed by atoms with Gasteiger partial charge >= 0.3 is 0 Å². The molecule has 0 aromatic carbocycles. The highest BCUT2D eigenvalue weighted by molar-refractivity contribution is 5.90. The molecule has 1 amide bonds. The average molecular weight is 342 g/mol. The Labute approximate surface area is 144 Å². The number of amides is 1. The number of pyridine rings is 1. The molecule has 0 atom stereocenters. The highest BCUT2D eigenvalue weighted by atomic mass is 16.5. The molecule has 3 aromatic rings. The third kappa shape index (κ3) is 4.70. The van der Waals surface area contributed by atoms with Crippen LogP contribution in [0.15, 0.2) is 41.3 Å². The predicted octanol–water partition coefficient (Wildman–Crippen LogP) is 1.55. The second-order valence-corrected chi connectivity index (χ2v) is 5.26. The second-order valence-electron chi connectivity index (χ2n) is 5.26. The van der Waals surface area contributed by atoms with Crippen LogP contribution >= 0.6 is 0 Å². The van der Waals surface area contributed by atoms with E-state index in [0.717, 1.165) is 0 Å². The first-order valence-electron chi connectivity index (χ1n) is 7.80. The maximum Gasteiger partial charge on any atom is 0.227 e. The quantitative estimate of drug-likeness (QED) is 0.661. The van der Waals surface area contributed by atoms with Gasteiger partial charge in [0, 0.05) is 32.3 Å². The Kier molecular flexibility index (Phi) is 5.47. The largest absolute Gasteiger partial charge is 0.383 e. The number of hydrogen-bond acceptors (Lipinski definition) is 7. The fourth-order valence-corrected chi connectivity index (χ4v) is 2.13. The molecule has 25 heavy (non-hydrogen) atoms. The molecule has 1 N–H and O–H groups in total. The Hall–Kier alpha value is -3.07. The van der Waals surface area contributed by atoms with Crippen LogP contribution < -0.4 is 5.32 Å². The Morgan fingerprint density at radius 2 is 2.32 bits per heavy atom. The molecule has 0 aliphatic rings. The molecule has 0 spiro atoms. The predicted molar refractivity (Wildman–Crippen MR) is 88.6 cm³/mol. The van der Waals surface area contributed by atoms with Gasteiger partial charge in [-0.1, -0.05) is 11.2 Å². The van der Waals surface area contributed by atoms with Crippen LogP contribution in [0, 0.1) is 0 Å². The minimum atomic E-state index is -0.149. The summed E-state index contributed by atoms with van der Waals surface area (Å²) in [7, 11) is 1.63. The maximum atomic E-state index is 12.0. The van der Waals surface area contributed by atoms with E-state index in [0.29, 0.717) is 42.7 Å². The molecule has 0 aliphatic carbocycles. The van der Waals surface area contributed by atoms with E-state index in [-0.39, 0.29) is 12.3 Å². The number of methoxy groups -OCH3 is 1. The lowest BCUT2D eigenvalue weighted by molar-refractivity contribution is -0.116. The molecule has 130 valence electrons. The van der Waals surface area contributed by atoms with Crippen molar-refractivity contribution in [3.05, 3.63) is 42.7 Å². The summed E-state index contributed by atoms with van der Waals surface area (Å²) in [6, 6.07) is 5.45. The van der Waals surface area contributed by atoms with Gasteiger partial charge in [0.05, 0.1) is 25.0 Å². The minimum Gasteiger partial charge on any atom is -0.383 e. The van der Waals surface area contributed by atoms with Gasteiger partial charge in [0.25, 0.3) is 0 Å². The number of aryl methyl sites for hydroxylation is 1. The van der Waals surface area contributed by atoms with Crippen LogP contribution in [-0.4, -0.2) is 44.5 Å². The molecule has 3 heterocycles. The zero-order chi connectivity index (χ0) is 17.5. The lowest BCUT2D eigenvalue weighted by Gasteiger charge is -2.01. The van der Waals surface area contributed by atoms with E-state index in [9.17, 15) is 4.79 Å². The molecule has 0 saturated carbocycles. The van der Waals surface area contributed by atoms with Gasteiger partial charge < -0.3 is 14.6 Å². The molecule has 0 radical (unpaired) electrons. The molecule has 9 nitrogen and oxygen atoms in total. The first kappa shape index (κ1) is 16.8. The number of hydrogen-bond donors (Lipinski definition) is 1. The number of nitrogens with zero attached hydrogens (tertiary/aromatic N) is 5. The normalized spacial score (nSPS) is 10.8. The Balaban J connectivity index is 1.49. The topological polar surface area (TPSA) is 108 Å². The van der Waals surface area contributed by atoms with Gasteiger partial charge in [0.15, 0.2) is 0 Å². The van der Waals surface area contributed by atoms with Crippen LogP contribution in [0.5, 0.6) is 0 Å². The molecular formula is C16H18N6O3. The number of anilines is 1. The highest BCUT2D eigenvalue weighted by Gasteiger charge is 2.12. The summed E-state index contributed by atoms with van der Waals surface area (Å²) in [5.74, 6) is 0.658. The van der Waals surface area contributed by atoms with Crippen LogP contribution in [0.2, 0.25) is 0 Å². The van der Waals surface area contributed by atoms with Crippen LogP contribution in [0.4, 0.5) is 5.69 Å². The number of carbonyl (C=O) groups is 1. The molecular weight excluding hydrogens is 324 g/mol. The van der Waals surface area contributed by atoms with Gasteiger partial charge in [-0.15, -0.1) is 0 Å². The van der Waals surface area contributed by atoms with Gasteiger partial charge in [-0.3, -0.25) is 14.5 Å². The average Bonchev–Trinajstić information content (AvgIpc) is 3.28. The zero-order valence-electron chi connectivity index (χ0n) is 13.8. The molecule has 3 aromatic heterocycles. The highest BCUT2D eigenvalue weighted by Crippen LogP contribution is 2.13. The number of carbonyl (C=O) groups excluding carboxylic acids is 1. The van der Waals surface area contributed by atoms with Gasteiger partial charge in [-0.2, -0.15) is 10.1 Å². The smallest absolute Gasteiger partial charge is 0.227 e. The molecule has 9 heteroatoms. The van der Waals surface area contributed by atoms with E-state index < -0.39 is 0 Å². The summed E-state index contributed by atoms with van der Waals surface area (Å²) in [6.45, 7) is 1.19. The molecule has 0 fully saturated rings. The number of ether oxygens (including phenoxy) is 1. The van der Waals surface area contributed by atoms with Gasteiger partial charge in [0.1, 0.15) is 5.69 Å². The van der Waals surface area contributed by atoms with E-state index in [2.05, 4.69) is 25.5 Å². The summed E-state index contributed by atoms with van der Waals surface area (Å²) in [6.07, 6.45) is 5.59. The monoisotopic (exact) mass is 342 g/mol. The second kappa shape index (κ2) is 8.15. The SMILES string of the molecule is COCCn1cc(NC(=O)CCc2nc(-c3ccccn3)no2)cn1. The van der Waals surface area contributed by atoms with Crippen molar-refractivity contribution in [1.82, 2.24) is 24.9 Å². The van der Waals surface area contributed by atoms with E-state index in [4.69, 9.17) is 9.26 Å². The summed E-state index contributed by atoms with van der Waals surface area (Å²) < 4.78 is 11.8. The van der Waals surface area contributed by atoms with Crippen LogP contribution in [-0.2, 0) is 22.5 Å². The molecule has 3 rings (SSSR count). The Morgan fingerprint density at radius 1 is 1.40 bits per heavy atom.